The van der Waals surface area contributed by atoms with Crippen LogP contribution in [0.1, 0.15) is 5.56 Å². The van der Waals surface area contributed by atoms with Crippen LogP contribution in [-0.2, 0) is 9.59 Å². The summed E-state index contributed by atoms with van der Waals surface area (Å²) >= 11 is 0. The van der Waals surface area contributed by atoms with Gasteiger partial charge >= 0.3 is 0 Å². The Kier molecular flexibility index (Phi) is 2.64. The number of nitro groups is 1. The maximum absolute atomic E-state index is 12.2. The van der Waals surface area contributed by atoms with Crippen LogP contribution >= 0.6 is 0 Å². The first-order valence-corrected chi connectivity index (χ1v) is 5.88. The summed E-state index contributed by atoms with van der Waals surface area (Å²) < 4.78 is 0. The van der Waals surface area contributed by atoms with Crippen molar-refractivity contribution in [1.29, 1.82) is 0 Å². The van der Waals surface area contributed by atoms with Gasteiger partial charge in [0.25, 0.3) is 6.04 Å². The molecule has 6 heteroatoms. The number of fused-ring (bicyclic) bond motifs is 1. The van der Waals surface area contributed by atoms with Crippen molar-refractivity contribution in [2.24, 2.45) is 4.99 Å². The standard InChI is InChI=1S/C14H8N2O4/c17-12-6-9-10(7-11(12)16(19)20)15-13(14(9)18)8-4-2-1-3-5-8/h1-7,11H/t11-/m1/s1. The molecule has 3 rings (SSSR count). The molecule has 1 aliphatic carbocycles. The Labute approximate surface area is 113 Å². The number of rotatable bonds is 2. The van der Waals surface area contributed by atoms with E-state index in [1.165, 1.54) is 0 Å². The number of Topliss-reactive ketones (excluding diaryl/α,β-unsaturated/α-hetero) is 1. The highest BCUT2D eigenvalue weighted by Gasteiger charge is 2.38. The third kappa shape index (κ3) is 1.78. The van der Waals surface area contributed by atoms with Crippen LogP contribution < -0.4 is 0 Å². The molecule has 20 heavy (non-hydrogen) atoms. The third-order valence-electron chi connectivity index (χ3n) is 3.14. The Morgan fingerprint density at radius 2 is 1.85 bits per heavy atom. The number of carbonyl (C=O) groups excluding carboxylic acids is 2. The summed E-state index contributed by atoms with van der Waals surface area (Å²) in [7, 11) is 0. The maximum Gasteiger partial charge on any atom is 0.294 e. The topological polar surface area (TPSA) is 89.6 Å². The molecule has 0 saturated heterocycles. The first kappa shape index (κ1) is 12.2. The zero-order chi connectivity index (χ0) is 14.3. The van der Waals surface area contributed by atoms with Crippen molar-refractivity contribution in [3.05, 3.63) is 69.4 Å². The molecule has 0 N–H and O–H groups in total. The monoisotopic (exact) mass is 268 g/mol. The second-order valence-electron chi connectivity index (χ2n) is 4.40. The zero-order valence-corrected chi connectivity index (χ0v) is 10.1. The highest BCUT2D eigenvalue weighted by molar-refractivity contribution is 6.55. The average Bonchev–Trinajstić information content (AvgIpc) is 2.76. The molecule has 0 bridgehead atoms. The van der Waals surface area contributed by atoms with Gasteiger partial charge in [0.1, 0.15) is 5.71 Å². The minimum absolute atomic E-state index is 0.131. The van der Waals surface area contributed by atoms with E-state index in [0.29, 0.717) is 5.56 Å². The fourth-order valence-electron chi connectivity index (χ4n) is 2.16. The summed E-state index contributed by atoms with van der Waals surface area (Å²) in [5.41, 5.74) is 1.17. The van der Waals surface area contributed by atoms with Crippen molar-refractivity contribution in [3.63, 3.8) is 0 Å². The Balaban J connectivity index is 2.07. The Morgan fingerprint density at radius 1 is 1.15 bits per heavy atom. The number of benzene rings is 1. The predicted molar refractivity (Wildman–Crippen MR) is 69.9 cm³/mol. The van der Waals surface area contributed by atoms with Crippen LogP contribution in [0.25, 0.3) is 0 Å². The van der Waals surface area contributed by atoms with Gasteiger partial charge < -0.3 is 0 Å². The molecule has 1 aromatic rings. The molecule has 1 aliphatic heterocycles. The van der Waals surface area contributed by atoms with Crippen molar-refractivity contribution >= 4 is 17.3 Å². The minimum Gasteiger partial charge on any atom is -0.287 e. The van der Waals surface area contributed by atoms with Crippen molar-refractivity contribution in [2.45, 2.75) is 6.04 Å². The Bertz CT molecular complexity index is 729. The van der Waals surface area contributed by atoms with E-state index in [-0.39, 0.29) is 22.8 Å². The SMILES string of the molecule is O=C1C2=CC(=O)[C@H]([N+](=O)[O-])C=C2N=C1c1ccccc1. The van der Waals surface area contributed by atoms with Gasteiger partial charge in [-0.05, 0) is 0 Å². The van der Waals surface area contributed by atoms with Crippen molar-refractivity contribution in [1.82, 2.24) is 0 Å². The largest absolute Gasteiger partial charge is 0.294 e. The molecule has 1 aromatic carbocycles. The molecule has 0 amide bonds. The number of aliphatic imine (C=N–C) groups is 1. The lowest BCUT2D eigenvalue weighted by Gasteiger charge is -2.07. The molecule has 0 spiro atoms. The first-order chi connectivity index (χ1) is 9.58. The number of carbonyl (C=O) groups is 2. The van der Waals surface area contributed by atoms with Gasteiger partial charge in [0.2, 0.25) is 11.6 Å². The number of hydrogen-bond acceptors (Lipinski definition) is 5. The smallest absolute Gasteiger partial charge is 0.287 e. The van der Waals surface area contributed by atoms with Gasteiger partial charge in [-0.1, -0.05) is 30.3 Å². The number of ketones is 2. The summed E-state index contributed by atoms with van der Waals surface area (Å²) in [4.78, 5) is 38.0. The van der Waals surface area contributed by atoms with Gasteiger partial charge in [0.05, 0.1) is 11.3 Å². The average molecular weight is 268 g/mol. The van der Waals surface area contributed by atoms with Crippen LogP contribution in [0.5, 0.6) is 0 Å². The summed E-state index contributed by atoms with van der Waals surface area (Å²) in [5, 5.41) is 10.8. The Hall–Kier alpha value is -2.89. The molecule has 0 unspecified atom stereocenters. The van der Waals surface area contributed by atoms with Crippen LogP contribution in [-0.4, -0.2) is 28.2 Å². The molecule has 2 aliphatic rings. The summed E-state index contributed by atoms with van der Waals surface area (Å²) in [6, 6.07) is 7.33. The molecule has 1 atom stereocenters. The molecule has 6 nitrogen and oxygen atoms in total. The maximum atomic E-state index is 12.2. The fourth-order valence-corrected chi connectivity index (χ4v) is 2.16. The Morgan fingerprint density at radius 3 is 2.50 bits per heavy atom. The first-order valence-electron chi connectivity index (χ1n) is 5.88. The quantitative estimate of drug-likeness (QED) is 0.593. The molecule has 0 aromatic heterocycles. The van der Waals surface area contributed by atoms with Crippen LogP contribution in [0.2, 0.25) is 0 Å². The number of allylic oxidation sites excluding steroid dienone is 1. The van der Waals surface area contributed by atoms with Gasteiger partial charge in [-0.25, -0.2) is 4.99 Å². The van der Waals surface area contributed by atoms with Gasteiger partial charge in [0, 0.05) is 22.6 Å². The molecule has 98 valence electrons. The van der Waals surface area contributed by atoms with E-state index in [9.17, 15) is 19.7 Å². The van der Waals surface area contributed by atoms with Gasteiger partial charge in [-0.15, -0.1) is 0 Å². The summed E-state index contributed by atoms with van der Waals surface area (Å²) in [5.74, 6) is -1.08. The van der Waals surface area contributed by atoms with Crippen molar-refractivity contribution < 1.29 is 14.5 Å². The zero-order valence-electron chi connectivity index (χ0n) is 10.1. The lowest BCUT2D eigenvalue weighted by molar-refractivity contribution is -0.494. The molecule has 0 fully saturated rings. The van der Waals surface area contributed by atoms with Crippen LogP contribution in [0, 0.1) is 10.1 Å². The van der Waals surface area contributed by atoms with Crippen LogP contribution in [0.15, 0.2) is 58.7 Å². The van der Waals surface area contributed by atoms with Gasteiger partial charge in [0.15, 0.2) is 0 Å². The van der Waals surface area contributed by atoms with E-state index in [1.54, 1.807) is 30.3 Å². The van der Waals surface area contributed by atoms with E-state index < -0.39 is 16.7 Å². The van der Waals surface area contributed by atoms with Crippen LogP contribution in [0.4, 0.5) is 0 Å². The second kappa shape index (κ2) is 4.34. The van der Waals surface area contributed by atoms with E-state index in [4.69, 9.17) is 0 Å². The highest BCUT2D eigenvalue weighted by Crippen LogP contribution is 2.28. The molecule has 0 radical (unpaired) electrons. The third-order valence-corrected chi connectivity index (χ3v) is 3.14. The van der Waals surface area contributed by atoms with Gasteiger partial charge in [-0.2, -0.15) is 0 Å². The van der Waals surface area contributed by atoms with Gasteiger partial charge in [-0.3, -0.25) is 19.7 Å². The van der Waals surface area contributed by atoms with E-state index in [1.807, 2.05) is 0 Å². The number of hydrogen-bond donors (Lipinski definition) is 0. The highest BCUT2D eigenvalue weighted by atomic mass is 16.6. The molecule has 0 saturated carbocycles. The fraction of sp³-hybridized carbons (Fsp3) is 0.0714. The molecule has 1 heterocycles. The normalized spacial score (nSPS) is 21.0. The molecular formula is C14H8N2O4. The van der Waals surface area contributed by atoms with Crippen molar-refractivity contribution in [2.75, 3.05) is 0 Å². The number of nitrogens with zero attached hydrogens (tertiary/aromatic N) is 2. The predicted octanol–water partition coefficient (Wildman–Crippen LogP) is 1.10. The van der Waals surface area contributed by atoms with E-state index in [0.717, 1.165) is 12.2 Å². The lowest BCUT2D eigenvalue weighted by atomic mass is 9.96. The molecular weight excluding hydrogens is 260 g/mol. The summed E-state index contributed by atoms with van der Waals surface area (Å²) in [6.45, 7) is 0. The van der Waals surface area contributed by atoms with E-state index in [2.05, 4.69) is 4.99 Å². The minimum atomic E-state index is -1.46. The van der Waals surface area contributed by atoms with Crippen molar-refractivity contribution in [3.8, 4) is 0 Å². The second-order valence-corrected chi connectivity index (χ2v) is 4.40. The summed E-state index contributed by atoms with van der Waals surface area (Å²) in [6.07, 6.45) is 2.15. The lowest BCUT2D eigenvalue weighted by Crippen LogP contribution is -2.29. The van der Waals surface area contributed by atoms with E-state index >= 15 is 0 Å². The van der Waals surface area contributed by atoms with Crippen LogP contribution in [0.3, 0.4) is 0 Å².